The summed E-state index contributed by atoms with van der Waals surface area (Å²) in [5.74, 6) is 0. The highest BCUT2D eigenvalue weighted by molar-refractivity contribution is 7.09. The van der Waals surface area contributed by atoms with Crippen LogP contribution in [0.5, 0.6) is 0 Å². The smallest absolute Gasteiger partial charge is 0.0797 e. The van der Waals surface area contributed by atoms with Gasteiger partial charge in [-0.05, 0) is 45.6 Å². The Labute approximate surface area is 120 Å². The van der Waals surface area contributed by atoms with Gasteiger partial charge in [0.05, 0.1) is 23.9 Å². The van der Waals surface area contributed by atoms with Crippen molar-refractivity contribution >= 4 is 11.3 Å². The molecule has 0 saturated heterocycles. The Kier molecular flexibility index (Phi) is 6.28. The molecule has 1 aliphatic rings. The zero-order chi connectivity index (χ0) is 13.5. The van der Waals surface area contributed by atoms with Gasteiger partial charge < -0.3 is 10.1 Å². The maximum Gasteiger partial charge on any atom is 0.0797 e. The highest BCUT2D eigenvalue weighted by Crippen LogP contribution is 2.22. The number of nitrogens with zero attached hydrogens (tertiary/aromatic N) is 1. The molecule has 1 aromatic rings. The van der Waals surface area contributed by atoms with Gasteiger partial charge in [0.2, 0.25) is 0 Å². The summed E-state index contributed by atoms with van der Waals surface area (Å²) in [4.78, 5) is 5.65. The van der Waals surface area contributed by atoms with Crippen LogP contribution < -0.4 is 5.32 Å². The molecule has 1 aromatic heterocycles. The van der Waals surface area contributed by atoms with E-state index in [9.17, 15) is 0 Å². The minimum atomic E-state index is 0.480. The molecule has 4 heteroatoms. The predicted molar refractivity (Wildman–Crippen MR) is 80.8 cm³/mol. The van der Waals surface area contributed by atoms with Gasteiger partial charge in [-0.3, -0.25) is 0 Å². The van der Waals surface area contributed by atoms with E-state index in [4.69, 9.17) is 4.74 Å². The highest BCUT2D eigenvalue weighted by Gasteiger charge is 2.20. The zero-order valence-electron chi connectivity index (χ0n) is 12.2. The van der Waals surface area contributed by atoms with Crippen LogP contribution in [-0.4, -0.2) is 30.3 Å². The molecule has 0 radical (unpaired) electrons. The zero-order valence-corrected chi connectivity index (χ0v) is 13.0. The van der Waals surface area contributed by atoms with Crippen LogP contribution in [0.2, 0.25) is 0 Å². The number of rotatable bonds is 7. The second-order valence-corrected chi connectivity index (χ2v) is 6.35. The van der Waals surface area contributed by atoms with Crippen LogP contribution >= 0.6 is 11.3 Å². The number of aryl methyl sites for hydroxylation is 1. The monoisotopic (exact) mass is 282 g/mol. The van der Waals surface area contributed by atoms with Crippen molar-refractivity contribution < 1.29 is 4.74 Å². The van der Waals surface area contributed by atoms with E-state index in [0.29, 0.717) is 6.10 Å². The summed E-state index contributed by atoms with van der Waals surface area (Å²) < 4.78 is 6.02. The average molecular weight is 282 g/mol. The maximum atomic E-state index is 6.02. The van der Waals surface area contributed by atoms with E-state index in [1.807, 2.05) is 5.51 Å². The molecule has 3 nitrogen and oxygen atoms in total. The quantitative estimate of drug-likeness (QED) is 0.833. The fourth-order valence-corrected chi connectivity index (χ4v) is 3.43. The Bertz CT molecular complexity index is 359. The average Bonchev–Trinajstić information content (AvgIpc) is 2.84. The van der Waals surface area contributed by atoms with Gasteiger partial charge in [0, 0.05) is 17.3 Å². The molecule has 0 unspecified atom stereocenters. The van der Waals surface area contributed by atoms with Gasteiger partial charge in [0.25, 0.3) is 0 Å². The lowest BCUT2D eigenvalue weighted by Crippen LogP contribution is -2.35. The molecule has 0 aromatic carbocycles. The largest absolute Gasteiger partial charge is 0.378 e. The lowest BCUT2D eigenvalue weighted by Gasteiger charge is -2.29. The Morgan fingerprint density at radius 3 is 2.79 bits per heavy atom. The summed E-state index contributed by atoms with van der Waals surface area (Å²) in [6, 6.07) is 0.726. The van der Waals surface area contributed by atoms with Crippen LogP contribution in [0, 0.1) is 6.92 Å². The molecule has 1 heterocycles. The van der Waals surface area contributed by atoms with E-state index in [2.05, 4.69) is 24.1 Å². The third-order valence-corrected chi connectivity index (χ3v) is 4.88. The molecule has 108 valence electrons. The third-order valence-electron chi connectivity index (χ3n) is 3.88. The van der Waals surface area contributed by atoms with Crippen molar-refractivity contribution in [3.8, 4) is 0 Å². The first-order chi connectivity index (χ1) is 9.29. The molecule has 1 saturated carbocycles. The first-order valence-corrected chi connectivity index (χ1v) is 8.41. The molecule has 2 rings (SSSR count). The van der Waals surface area contributed by atoms with Crippen molar-refractivity contribution in [1.29, 1.82) is 0 Å². The number of thiazole rings is 1. The first kappa shape index (κ1) is 14.9. The van der Waals surface area contributed by atoms with Gasteiger partial charge in [-0.25, -0.2) is 4.98 Å². The molecule has 1 fully saturated rings. The summed E-state index contributed by atoms with van der Waals surface area (Å²) in [7, 11) is 0. The summed E-state index contributed by atoms with van der Waals surface area (Å²) in [6.45, 7) is 6.31. The van der Waals surface area contributed by atoms with Gasteiger partial charge in [-0.15, -0.1) is 11.3 Å². The lowest BCUT2D eigenvalue weighted by molar-refractivity contribution is 0.0245. The van der Waals surface area contributed by atoms with Crippen molar-refractivity contribution in [3.63, 3.8) is 0 Å². The third kappa shape index (κ3) is 4.86. The minimum absolute atomic E-state index is 0.480. The van der Waals surface area contributed by atoms with E-state index in [0.717, 1.165) is 25.6 Å². The van der Waals surface area contributed by atoms with E-state index in [-0.39, 0.29) is 0 Å². The van der Waals surface area contributed by atoms with E-state index in [1.165, 1.54) is 42.7 Å². The van der Waals surface area contributed by atoms with Gasteiger partial charge in [0.1, 0.15) is 0 Å². The Morgan fingerprint density at radius 2 is 2.16 bits per heavy atom. The van der Waals surface area contributed by atoms with Crippen molar-refractivity contribution in [3.05, 3.63) is 16.1 Å². The van der Waals surface area contributed by atoms with E-state index in [1.54, 1.807) is 11.3 Å². The molecule has 1 aliphatic carbocycles. The van der Waals surface area contributed by atoms with Crippen LogP contribution in [0.15, 0.2) is 5.51 Å². The molecule has 0 atom stereocenters. The Balaban J connectivity index is 1.59. The maximum absolute atomic E-state index is 6.02. The first-order valence-electron chi connectivity index (χ1n) is 7.53. The normalized spacial score (nSPS) is 23.7. The molecular formula is C15H26N2OS. The van der Waals surface area contributed by atoms with Crippen molar-refractivity contribution in [2.45, 2.75) is 64.5 Å². The topological polar surface area (TPSA) is 34.1 Å². The Morgan fingerprint density at radius 1 is 1.37 bits per heavy atom. The van der Waals surface area contributed by atoms with E-state index < -0.39 is 0 Å². The van der Waals surface area contributed by atoms with Crippen molar-refractivity contribution in [2.75, 3.05) is 13.2 Å². The number of hydrogen-bond acceptors (Lipinski definition) is 4. The molecule has 0 amide bonds. The molecule has 0 spiro atoms. The summed E-state index contributed by atoms with van der Waals surface area (Å²) >= 11 is 1.74. The van der Waals surface area contributed by atoms with Gasteiger partial charge in [0.15, 0.2) is 0 Å². The van der Waals surface area contributed by atoms with Crippen LogP contribution in [0.1, 0.15) is 49.6 Å². The fraction of sp³-hybridized carbons (Fsp3) is 0.800. The van der Waals surface area contributed by atoms with E-state index >= 15 is 0 Å². The summed E-state index contributed by atoms with van der Waals surface area (Å²) in [5.41, 5.74) is 3.09. The lowest BCUT2D eigenvalue weighted by atomic mass is 9.93. The van der Waals surface area contributed by atoms with Crippen molar-refractivity contribution in [1.82, 2.24) is 10.3 Å². The molecule has 0 bridgehead atoms. The van der Waals surface area contributed by atoms with Crippen LogP contribution in [0.4, 0.5) is 0 Å². The number of aromatic nitrogens is 1. The standard InChI is InChI=1S/C15H26N2OS/c1-3-9-16-13-4-6-14(7-5-13)18-10-8-15-12(2)17-11-19-15/h11,13-14,16H,3-10H2,1-2H3. The molecule has 19 heavy (non-hydrogen) atoms. The summed E-state index contributed by atoms with van der Waals surface area (Å²) in [5, 5.41) is 3.62. The van der Waals surface area contributed by atoms with Crippen LogP contribution in [0.3, 0.4) is 0 Å². The van der Waals surface area contributed by atoms with Crippen LogP contribution in [-0.2, 0) is 11.2 Å². The van der Waals surface area contributed by atoms with Crippen molar-refractivity contribution in [2.24, 2.45) is 0 Å². The fourth-order valence-electron chi connectivity index (χ4n) is 2.67. The van der Waals surface area contributed by atoms with Crippen LogP contribution in [0.25, 0.3) is 0 Å². The van der Waals surface area contributed by atoms with Gasteiger partial charge in [-0.2, -0.15) is 0 Å². The SMILES string of the molecule is CCCNC1CCC(OCCc2scnc2C)CC1. The highest BCUT2D eigenvalue weighted by atomic mass is 32.1. The minimum Gasteiger partial charge on any atom is -0.378 e. The second-order valence-electron chi connectivity index (χ2n) is 5.41. The summed E-state index contributed by atoms with van der Waals surface area (Å²) in [6.07, 6.45) is 7.68. The number of nitrogens with one attached hydrogen (secondary N) is 1. The Hall–Kier alpha value is -0.450. The van der Waals surface area contributed by atoms with Gasteiger partial charge in [-0.1, -0.05) is 6.92 Å². The number of ether oxygens (including phenoxy) is 1. The second kappa shape index (κ2) is 7.98. The molecular weight excluding hydrogens is 256 g/mol. The number of hydrogen-bond donors (Lipinski definition) is 1. The molecule has 0 aliphatic heterocycles. The van der Waals surface area contributed by atoms with Gasteiger partial charge >= 0.3 is 0 Å². The molecule has 1 N–H and O–H groups in total. The predicted octanol–water partition coefficient (Wildman–Crippen LogP) is 3.32.